The number of methoxy groups -OCH3 is 1. The Morgan fingerprint density at radius 3 is 2.22 bits per heavy atom. The van der Waals surface area contributed by atoms with E-state index in [4.69, 9.17) is 4.74 Å². The van der Waals surface area contributed by atoms with Gasteiger partial charge in [0.05, 0.1) is 12.7 Å². The summed E-state index contributed by atoms with van der Waals surface area (Å²) < 4.78 is 4.74. The molecule has 0 saturated heterocycles. The molecule has 4 aliphatic carbocycles. The zero-order valence-corrected chi connectivity index (χ0v) is 19.0. The molecule has 1 aromatic carbocycles. The summed E-state index contributed by atoms with van der Waals surface area (Å²) >= 11 is 1.27. The first-order valence-electron chi connectivity index (χ1n) is 11.3. The van der Waals surface area contributed by atoms with Crippen molar-refractivity contribution in [2.45, 2.75) is 45.1 Å². The lowest BCUT2D eigenvalue weighted by molar-refractivity contribution is -0.146. The van der Waals surface area contributed by atoms with Gasteiger partial charge >= 0.3 is 5.97 Å². The minimum atomic E-state index is -0.480. The van der Waals surface area contributed by atoms with E-state index in [1.165, 1.54) is 37.7 Å². The first-order valence-corrected chi connectivity index (χ1v) is 12.2. The van der Waals surface area contributed by atoms with Gasteiger partial charge in [-0.25, -0.2) is 4.79 Å². The third kappa shape index (κ3) is 3.94. The van der Waals surface area contributed by atoms with E-state index < -0.39 is 5.97 Å². The van der Waals surface area contributed by atoms with Gasteiger partial charge in [0.15, 0.2) is 0 Å². The molecule has 4 bridgehead atoms. The van der Waals surface area contributed by atoms with E-state index in [-0.39, 0.29) is 17.2 Å². The van der Waals surface area contributed by atoms with Gasteiger partial charge in [-0.3, -0.25) is 9.59 Å². The first-order chi connectivity index (χ1) is 15.5. The quantitative estimate of drug-likeness (QED) is 0.627. The van der Waals surface area contributed by atoms with Gasteiger partial charge in [0.1, 0.15) is 5.00 Å². The fraction of sp³-hybridized carbons (Fsp3) is 0.480. The van der Waals surface area contributed by atoms with Gasteiger partial charge in [-0.05, 0) is 85.4 Å². The van der Waals surface area contributed by atoms with Gasteiger partial charge in [-0.1, -0.05) is 12.1 Å². The topological polar surface area (TPSA) is 84.5 Å². The van der Waals surface area contributed by atoms with Crippen molar-refractivity contribution in [1.82, 2.24) is 5.32 Å². The maximum Gasteiger partial charge on any atom is 0.340 e. The molecule has 0 radical (unpaired) electrons. The first kappa shape index (κ1) is 21.2. The van der Waals surface area contributed by atoms with Gasteiger partial charge in [-0.15, -0.1) is 11.3 Å². The fourth-order valence-electron chi connectivity index (χ4n) is 6.38. The molecule has 2 aromatic rings. The van der Waals surface area contributed by atoms with Gasteiger partial charge in [0, 0.05) is 17.5 Å². The van der Waals surface area contributed by atoms with Gasteiger partial charge < -0.3 is 15.4 Å². The van der Waals surface area contributed by atoms with Crippen molar-refractivity contribution >= 4 is 34.1 Å². The lowest BCUT2D eigenvalue weighted by Crippen LogP contribution is -2.53. The number of thiophene rings is 1. The van der Waals surface area contributed by atoms with Crippen LogP contribution >= 0.6 is 11.3 Å². The highest BCUT2D eigenvalue weighted by molar-refractivity contribution is 7.14. The highest BCUT2D eigenvalue weighted by Gasteiger charge is 2.54. The van der Waals surface area contributed by atoms with Crippen molar-refractivity contribution in [3.8, 4) is 0 Å². The molecule has 0 spiro atoms. The van der Waals surface area contributed by atoms with Crippen LogP contribution in [-0.4, -0.2) is 24.9 Å². The Hall–Kier alpha value is -2.67. The van der Waals surface area contributed by atoms with Crippen LogP contribution in [0.4, 0.5) is 5.00 Å². The number of carbonyl (C=O) groups is 3. The molecule has 2 N–H and O–H groups in total. The molecule has 2 amide bonds. The molecule has 4 saturated carbocycles. The molecule has 7 heteroatoms. The van der Waals surface area contributed by atoms with E-state index in [1.807, 2.05) is 12.1 Å². The predicted octanol–water partition coefficient (Wildman–Crippen LogP) is 4.62. The van der Waals surface area contributed by atoms with Crippen LogP contribution < -0.4 is 10.6 Å². The van der Waals surface area contributed by atoms with E-state index in [2.05, 4.69) is 10.6 Å². The third-order valence-corrected chi connectivity index (χ3v) is 8.32. The summed E-state index contributed by atoms with van der Waals surface area (Å²) in [6.45, 7) is 0.472. The second-order valence-electron chi connectivity index (χ2n) is 9.69. The number of hydrogen-bond donors (Lipinski definition) is 2. The molecule has 32 heavy (non-hydrogen) atoms. The summed E-state index contributed by atoms with van der Waals surface area (Å²) in [6.07, 6.45) is 7.13. The summed E-state index contributed by atoms with van der Waals surface area (Å²) in [4.78, 5) is 37.5. The van der Waals surface area contributed by atoms with Crippen LogP contribution in [0.2, 0.25) is 0 Å². The van der Waals surface area contributed by atoms with Crippen molar-refractivity contribution in [2.24, 2.45) is 23.2 Å². The summed E-state index contributed by atoms with van der Waals surface area (Å²) in [5.74, 6) is 1.67. The van der Waals surface area contributed by atoms with Crippen LogP contribution in [-0.2, 0) is 16.1 Å². The second kappa shape index (κ2) is 8.35. The van der Waals surface area contributed by atoms with Gasteiger partial charge in [-0.2, -0.15) is 0 Å². The number of anilines is 1. The minimum Gasteiger partial charge on any atom is -0.465 e. The molecule has 4 fully saturated rings. The second-order valence-corrected chi connectivity index (χ2v) is 10.6. The molecule has 6 nitrogen and oxygen atoms in total. The molecular weight excluding hydrogens is 424 g/mol. The number of hydrogen-bond acceptors (Lipinski definition) is 5. The molecule has 1 heterocycles. The Morgan fingerprint density at radius 1 is 1.00 bits per heavy atom. The van der Waals surface area contributed by atoms with Crippen molar-refractivity contribution in [3.63, 3.8) is 0 Å². The SMILES string of the molecule is COC(=O)c1ccsc1NC(=O)c1ccc(CNC(=O)C23CC4CC(CC(C4)C2)C3)cc1. The van der Waals surface area contributed by atoms with E-state index in [9.17, 15) is 14.4 Å². The Bertz CT molecular complexity index is 1010. The molecule has 0 aliphatic heterocycles. The van der Waals surface area contributed by atoms with Crippen LogP contribution in [0.1, 0.15) is 64.8 Å². The highest BCUT2D eigenvalue weighted by atomic mass is 32.1. The normalized spacial score (nSPS) is 27.7. The Labute approximate surface area is 191 Å². The zero-order valence-electron chi connectivity index (χ0n) is 18.2. The van der Waals surface area contributed by atoms with Crippen molar-refractivity contribution in [2.75, 3.05) is 12.4 Å². The lowest BCUT2D eigenvalue weighted by Gasteiger charge is -2.55. The summed E-state index contributed by atoms with van der Waals surface area (Å²) in [6, 6.07) is 8.84. The number of esters is 1. The molecule has 168 valence electrons. The maximum absolute atomic E-state index is 13.1. The number of benzene rings is 1. The van der Waals surface area contributed by atoms with Crippen molar-refractivity contribution in [3.05, 3.63) is 52.4 Å². The van der Waals surface area contributed by atoms with Crippen LogP contribution in [0.25, 0.3) is 0 Å². The summed E-state index contributed by atoms with van der Waals surface area (Å²) in [7, 11) is 1.31. The Balaban J connectivity index is 1.18. The van der Waals surface area contributed by atoms with Crippen molar-refractivity contribution in [1.29, 1.82) is 0 Å². The van der Waals surface area contributed by atoms with Gasteiger partial charge in [0.2, 0.25) is 5.91 Å². The summed E-state index contributed by atoms with van der Waals surface area (Å²) in [5.41, 5.74) is 1.65. The molecule has 1 aromatic heterocycles. The van der Waals surface area contributed by atoms with Crippen LogP contribution in [0.15, 0.2) is 35.7 Å². The number of rotatable bonds is 6. The van der Waals surface area contributed by atoms with Gasteiger partial charge in [0.25, 0.3) is 5.91 Å². The number of carbonyl (C=O) groups excluding carboxylic acids is 3. The van der Waals surface area contributed by atoms with Crippen LogP contribution in [0.3, 0.4) is 0 Å². The maximum atomic E-state index is 13.1. The fourth-order valence-corrected chi connectivity index (χ4v) is 7.15. The molecule has 0 unspecified atom stereocenters. The Kier molecular flexibility index (Phi) is 5.53. The van der Waals surface area contributed by atoms with Crippen LogP contribution in [0.5, 0.6) is 0 Å². The van der Waals surface area contributed by atoms with Crippen LogP contribution in [0, 0.1) is 23.2 Å². The number of ether oxygens (including phenoxy) is 1. The molecule has 0 atom stereocenters. The minimum absolute atomic E-state index is 0.146. The average Bonchev–Trinajstić information content (AvgIpc) is 3.24. The van der Waals surface area contributed by atoms with E-state index in [0.717, 1.165) is 42.6 Å². The van der Waals surface area contributed by atoms with E-state index in [1.54, 1.807) is 23.6 Å². The molecular formula is C25H28N2O4S. The average molecular weight is 453 g/mol. The standard InChI is InChI=1S/C25H28N2O4S/c1-31-23(29)20-6-7-32-22(20)27-21(28)19-4-2-15(3-5-19)14-26-24(30)25-11-16-8-17(12-25)10-18(9-16)13-25/h2-7,16-18H,8-14H2,1H3,(H,26,30)(H,27,28). The largest absolute Gasteiger partial charge is 0.465 e. The summed E-state index contributed by atoms with van der Waals surface area (Å²) in [5, 5.41) is 8.15. The molecule has 4 aliphatic rings. The smallest absolute Gasteiger partial charge is 0.340 e. The van der Waals surface area contributed by atoms with E-state index in [0.29, 0.717) is 22.7 Å². The number of nitrogens with one attached hydrogen (secondary N) is 2. The predicted molar refractivity (Wildman–Crippen MR) is 123 cm³/mol. The Morgan fingerprint density at radius 2 is 1.62 bits per heavy atom. The van der Waals surface area contributed by atoms with Crippen molar-refractivity contribution < 1.29 is 19.1 Å². The third-order valence-electron chi connectivity index (χ3n) is 7.49. The van der Waals surface area contributed by atoms with E-state index >= 15 is 0 Å². The lowest BCUT2D eigenvalue weighted by atomic mass is 9.49. The highest BCUT2D eigenvalue weighted by Crippen LogP contribution is 2.60. The number of amides is 2. The monoisotopic (exact) mass is 452 g/mol. The molecule has 6 rings (SSSR count). The zero-order chi connectivity index (χ0) is 22.3.